The van der Waals surface area contributed by atoms with Gasteiger partial charge in [-0.25, -0.2) is 0 Å². The van der Waals surface area contributed by atoms with Crippen LogP contribution in [0.4, 0.5) is 0 Å². The predicted octanol–water partition coefficient (Wildman–Crippen LogP) is -0.696. The van der Waals surface area contributed by atoms with Gasteiger partial charge in [0.05, 0.1) is 12.2 Å². The van der Waals surface area contributed by atoms with Crippen molar-refractivity contribution in [2.24, 2.45) is 0 Å². The summed E-state index contributed by atoms with van der Waals surface area (Å²) in [5, 5.41) is 9.92. The van der Waals surface area contributed by atoms with Gasteiger partial charge in [-0.2, -0.15) is 0 Å². The molecule has 0 aromatic heterocycles. The molecular weight excluding hydrogens is 120 g/mol. The van der Waals surface area contributed by atoms with E-state index in [1.807, 2.05) is 6.92 Å². The van der Waals surface area contributed by atoms with Gasteiger partial charge >= 0.3 is 0 Å². The zero-order valence-electron chi connectivity index (χ0n) is 5.29. The van der Waals surface area contributed by atoms with Crippen LogP contribution in [0.5, 0.6) is 0 Å². The number of carbonyl (C=O) groups is 1. The number of carboxylic acid groups (broad SMARTS) is 1. The van der Waals surface area contributed by atoms with E-state index in [9.17, 15) is 9.90 Å². The third-order valence-electron chi connectivity index (χ3n) is 1.46. The largest absolute Gasteiger partial charge is 0.550 e. The Labute approximate surface area is 53.6 Å². The van der Waals surface area contributed by atoms with Crippen molar-refractivity contribution in [3.05, 3.63) is 0 Å². The molecule has 0 aromatic carbocycles. The smallest absolute Gasteiger partial charge is 0.0893 e. The lowest BCUT2D eigenvalue weighted by atomic mass is 10.2. The monoisotopic (exact) mass is 129 g/mol. The number of ether oxygens (including phenoxy) is 1. The molecule has 1 aliphatic heterocycles. The average Bonchev–Trinajstić information content (AvgIpc) is 2.45. The maximum absolute atomic E-state index is 9.92. The maximum Gasteiger partial charge on any atom is 0.0893 e. The highest BCUT2D eigenvalue weighted by Gasteiger charge is 2.36. The minimum atomic E-state index is -1.02. The van der Waals surface area contributed by atoms with Crippen molar-refractivity contribution in [3.8, 4) is 0 Å². The second-order valence-corrected chi connectivity index (χ2v) is 2.20. The molecule has 0 bridgehead atoms. The number of hydrogen-bond acceptors (Lipinski definition) is 3. The van der Waals surface area contributed by atoms with E-state index in [4.69, 9.17) is 4.74 Å². The van der Waals surface area contributed by atoms with Gasteiger partial charge in [0.2, 0.25) is 0 Å². The van der Waals surface area contributed by atoms with Crippen LogP contribution in [0, 0.1) is 0 Å². The van der Waals surface area contributed by atoms with Crippen LogP contribution in [-0.4, -0.2) is 18.2 Å². The fourth-order valence-corrected chi connectivity index (χ4v) is 0.882. The molecule has 1 rings (SSSR count). The summed E-state index contributed by atoms with van der Waals surface area (Å²) in [5.74, 6) is -1.02. The van der Waals surface area contributed by atoms with Gasteiger partial charge in [-0.15, -0.1) is 0 Å². The van der Waals surface area contributed by atoms with Gasteiger partial charge in [0, 0.05) is 12.4 Å². The van der Waals surface area contributed by atoms with Crippen molar-refractivity contribution < 1.29 is 14.6 Å². The summed E-state index contributed by atoms with van der Waals surface area (Å²) in [5.41, 5.74) is 0. The van der Waals surface area contributed by atoms with Gasteiger partial charge in [-0.3, -0.25) is 0 Å². The molecule has 0 radical (unpaired) electrons. The van der Waals surface area contributed by atoms with Crippen LogP contribution in [-0.2, 0) is 9.53 Å². The molecule has 0 amide bonds. The van der Waals surface area contributed by atoms with E-state index >= 15 is 0 Å². The van der Waals surface area contributed by atoms with Crippen molar-refractivity contribution >= 4 is 5.97 Å². The van der Waals surface area contributed by atoms with Gasteiger partial charge < -0.3 is 14.6 Å². The molecule has 1 saturated heterocycles. The summed E-state index contributed by atoms with van der Waals surface area (Å²) in [6, 6.07) is 0. The zero-order chi connectivity index (χ0) is 6.85. The molecule has 2 unspecified atom stereocenters. The zero-order valence-corrected chi connectivity index (χ0v) is 5.29. The Morgan fingerprint density at radius 3 is 2.67 bits per heavy atom. The molecule has 2 atom stereocenters. The topological polar surface area (TPSA) is 52.7 Å². The first-order valence-electron chi connectivity index (χ1n) is 3.09. The van der Waals surface area contributed by atoms with Gasteiger partial charge in [-0.05, 0) is 6.42 Å². The molecule has 1 fully saturated rings. The van der Waals surface area contributed by atoms with Crippen LogP contribution in [0.1, 0.15) is 19.8 Å². The Hall–Kier alpha value is -0.570. The second-order valence-electron chi connectivity index (χ2n) is 2.20. The van der Waals surface area contributed by atoms with Crippen LogP contribution in [0.15, 0.2) is 0 Å². The molecule has 9 heavy (non-hydrogen) atoms. The number of aliphatic carboxylic acids is 1. The summed E-state index contributed by atoms with van der Waals surface area (Å²) in [7, 11) is 0. The van der Waals surface area contributed by atoms with Gasteiger partial charge in [0.1, 0.15) is 0 Å². The Bertz CT molecular complexity index is 121. The summed E-state index contributed by atoms with van der Waals surface area (Å²) in [6.45, 7) is 1.97. The van der Waals surface area contributed by atoms with E-state index in [1.54, 1.807) is 0 Å². The van der Waals surface area contributed by atoms with Crippen LogP contribution in [0.25, 0.3) is 0 Å². The van der Waals surface area contributed by atoms with Gasteiger partial charge in [-0.1, -0.05) is 6.92 Å². The molecule has 0 N–H and O–H groups in total. The van der Waals surface area contributed by atoms with Gasteiger partial charge in [0.15, 0.2) is 0 Å². The fourth-order valence-electron chi connectivity index (χ4n) is 0.882. The Kier molecular flexibility index (Phi) is 1.71. The Morgan fingerprint density at radius 1 is 1.67 bits per heavy atom. The molecule has 52 valence electrons. The molecule has 3 nitrogen and oxygen atoms in total. The van der Waals surface area contributed by atoms with Crippen LogP contribution >= 0.6 is 0 Å². The normalized spacial score (nSPS) is 32.1. The average molecular weight is 129 g/mol. The first-order chi connectivity index (χ1) is 4.24. The Balaban J connectivity index is 2.12. The molecule has 3 heteroatoms. The number of carboxylic acids is 1. The van der Waals surface area contributed by atoms with Crippen molar-refractivity contribution in [1.82, 2.24) is 0 Å². The quantitative estimate of drug-likeness (QED) is 0.473. The second kappa shape index (κ2) is 2.35. The van der Waals surface area contributed by atoms with E-state index in [2.05, 4.69) is 0 Å². The molecule has 1 heterocycles. The van der Waals surface area contributed by atoms with E-state index < -0.39 is 5.97 Å². The van der Waals surface area contributed by atoms with Crippen LogP contribution in [0.2, 0.25) is 0 Å². The van der Waals surface area contributed by atoms with E-state index in [-0.39, 0.29) is 18.6 Å². The van der Waals surface area contributed by atoms with E-state index in [0.29, 0.717) is 0 Å². The molecule has 1 aliphatic rings. The number of epoxide rings is 1. The van der Waals surface area contributed by atoms with Gasteiger partial charge in [0.25, 0.3) is 0 Å². The number of hydrogen-bond donors (Lipinski definition) is 0. The minimum absolute atomic E-state index is 0.0541. The van der Waals surface area contributed by atoms with E-state index in [0.717, 1.165) is 6.42 Å². The highest BCUT2D eigenvalue weighted by atomic mass is 16.6. The summed E-state index contributed by atoms with van der Waals surface area (Å²) < 4.78 is 4.96. The van der Waals surface area contributed by atoms with E-state index in [1.165, 1.54) is 0 Å². The highest BCUT2D eigenvalue weighted by Crippen LogP contribution is 2.27. The molecular formula is C6H9O3-. The first-order valence-corrected chi connectivity index (χ1v) is 3.09. The lowest BCUT2D eigenvalue weighted by Crippen LogP contribution is -2.24. The van der Waals surface area contributed by atoms with Crippen molar-refractivity contribution in [2.45, 2.75) is 32.0 Å². The lowest BCUT2D eigenvalue weighted by molar-refractivity contribution is -0.306. The Morgan fingerprint density at radius 2 is 2.33 bits per heavy atom. The third-order valence-corrected chi connectivity index (χ3v) is 1.46. The maximum atomic E-state index is 9.92. The third kappa shape index (κ3) is 1.68. The SMILES string of the molecule is CCC1OC1CC(=O)[O-]. The van der Waals surface area contributed by atoms with Crippen LogP contribution < -0.4 is 5.11 Å². The fraction of sp³-hybridized carbons (Fsp3) is 0.833. The molecule has 0 spiro atoms. The molecule has 0 saturated carbocycles. The summed E-state index contributed by atoms with van der Waals surface area (Å²) in [4.78, 5) is 9.92. The number of rotatable bonds is 3. The first kappa shape index (κ1) is 6.55. The number of carbonyl (C=O) groups excluding carboxylic acids is 1. The predicted molar refractivity (Wildman–Crippen MR) is 28.6 cm³/mol. The summed E-state index contributed by atoms with van der Waals surface area (Å²) >= 11 is 0. The van der Waals surface area contributed by atoms with Crippen molar-refractivity contribution in [2.75, 3.05) is 0 Å². The van der Waals surface area contributed by atoms with Crippen molar-refractivity contribution in [1.29, 1.82) is 0 Å². The summed E-state index contributed by atoms with van der Waals surface area (Å²) in [6.07, 6.45) is 1.08. The highest BCUT2D eigenvalue weighted by molar-refractivity contribution is 5.65. The molecule has 0 aromatic rings. The van der Waals surface area contributed by atoms with Crippen molar-refractivity contribution in [3.63, 3.8) is 0 Å². The minimum Gasteiger partial charge on any atom is -0.550 e. The van der Waals surface area contributed by atoms with Crippen LogP contribution in [0.3, 0.4) is 0 Å². The molecule has 0 aliphatic carbocycles. The lowest BCUT2D eigenvalue weighted by Gasteiger charge is -1.94. The standard InChI is InChI=1S/C6H10O3/c1-2-4-5(9-4)3-6(7)8/h4-5H,2-3H2,1H3,(H,7,8)/p-1.